The topological polar surface area (TPSA) is 214 Å². The van der Waals surface area contributed by atoms with Crippen molar-refractivity contribution < 1.29 is 61.6 Å². The zero-order valence-corrected chi connectivity index (χ0v) is 47.7. The number of amides is 2. The van der Waals surface area contributed by atoms with Gasteiger partial charge in [0.15, 0.2) is 17.9 Å². The SMILES string of the molecule is C=C1N=C(NC(=O)CCCCC[N+]2=C(C=CC3=C(Cl)C(=CC=C4N(CCCCCC(=O)Nc5ccn(C6OC(CO)C(O)C6(F)F)c(=O)n5)c5ccccc5C4(C)C)CCC3)C(C)(C)c3ccccc32)C=CN1C1OC(CO)C(O)C1(F)F. The maximum absolute atomic E-state index is 14.8. The Morgan fingerprint density at radius 3 is 2.12 bits per heavy atom. The molecular formula is C61H72ClF4N8O9+. The van der Waals surface area contributed by atoms with Crippen LogP contribution in [0.4, 0.5) is 34.8 Å². The molecule has 22 heteroatoms. The van der Waals surface area contributed by atoms with Gasteiger partial charge in [0, 0.05) is 77.7 Å². The second-order valence-corrected chi connectivity index (χ2v) is 23.1. The molecule has 6 heterocycles. The fourth-order valence-electron chi connectivity index (χ4n) is 11.9. The molecule has 2 saturated heterocycles. The predicted octanol–water partition coefficient (Wildman–Crippen LogP) is 8.63. The van der Waals surface area contributed by atoms with Gasteiger partial charge in [-0.3, -0.25) is 14.2 Å². The fourth-order valence-corrected chi connectivity index (χ4v) is 12.2. The second kappa shape index (κ2) is 24.9. The lowest BCUT2D eigenvalue weighted by Gasteiger charge is -2.32. The lowest BCUT2D eigenvalue weighted by atomic mass is 9.81. The molecule has 6 aliphatic rings. The average molecular weight is 1170 g/mol. The summed E-state index contributed by atoms with van der Waals surface area (Å²) in [5.41, 5.74) is 7.28. The summed E-state index contributed by atoms with van der Waals surface area (Å²) in [5, 5.41) is 44.5. The van der Waals surface area contributed by atoms with Crippen LogP contribution in [0.5, 0.6) is 0 Å². The van der Waals surface area contributed by atoms with E-state index < -0.39 is 73.5 Å². The highest BCUT2D eigenvalue weighted by Gasteiger charge is 2.61. The van der Waals surface area contributed by atoms with Gasteiger partial charge in [0.2, 0.25) is 30.0 Å². The van der Waals surface area contributed by atoms with Gasteiger partial charge in [0.1, 0.15) is 36.2 Å². The van der Waals surface area contributed by atoms with E-state index in [0.29, 0.717) is 36.9 Å². The number of aliphatic hydroxyl groups is 4. The van der Waals surface area contributed by atoms with Gasteiger partial charge >= 0.3 is 17.5 Å². The highest BCUT2D eigenvalue weighted by molar-refractivity contribution is 6.32. The Balaban J connectivity index is 0.807. The molecule has 6 atom stereocenters. The van der Waals surface area contributed by atoms with Crippen molar-refractivity contribution in [2.45, 2.75) is 158 Å². The maximum atomic E-state index is 14.8. The van der Waals surface area contributed by atoms with E-state index in [-0.39, 0.29) is 47.1 Å². The van der Waals surface area contributed by atoms with Crippen LogP contribution in [-0.2, 0) is 29.9 Å². The normalized spacial score (nSPS) is 25.9. The third-order valence-electron chi connectivity index (χ3n) is 16.4. The molecule has 83 heavy (non-hydrogen) atoms. The van der Waals surface area contributed by atoms with Gasteiger partial charge in [0.05, 0.1) is 18.6 Å². The van der Waals surface area contributed by atoms with Crippen LogP contribution in [0, 0.1) is 0 Å². The number of carbonyl (C=O) groups excluding carboxylic acids is 2. The van der Waals surface area contributed by atoms with E-state index >= 15 is 0 Å². The van der Waals surface area contributed by atoms with Crippen molar-refractivity contribution >= 4 is 52.2 Å². The van der Waals surface area contributed by atoms with Crippen molar-refractivity contribution in [3.8, 4) is 0 Å². The Morgan fingerprint density at radius 1 is 0.807 bits per heavy atom. The van der Waals surface area contributed by atoms with Gasteiger partial charge in [0.25, 0.3) is 0 Å². The number of halogens is 5. The number of carbonyl (C=O) groups is 2. The number of nitrogens with one attached hydrogen (secondary N) is 2. The minimum atomic E-state index is -3.86. The number of allylic oxidation sites excluding steroid dienone is 8. The first-order valence-electron chi connectivity index (χ1n) is 28.2. The number of nitrogens with zero attached hydrogens (tertiary/aromatic N) is 6. The zero-order chi connectivity index (χ0) is 59.6. The van der Waals surface area contributed by atoms with E-state index in [1.165, 1.54) is 29.5 Å². The van der Waals surface area contributed by atoms with Crippen molar-refractivity contribution in [3.05, 3.63) is 153 Å². The van der Waals surface area contributed by atoms with Crippen LogP contribution in [-0.4, -0.2) is 132 Å². The number of unbranched alkanes of at least 4 members (excludes halogenated alkanes) is 4. The van der Waals surface area contributed by atoms with Gasteiger partial charge < -0.3 is 50.3 Å². The Hall–Kier alpha value is -6.59. The smallest absolute Gasteiger partial charge is 0.351 e. The Bertz CT molecular complexity index is 3280. The standard InChI is InChI=1S/C61H71ClF4N8O9/c1-37-67-48(29-33-71(37)55-60(63,64)53(79)44(35-75)82-55)68-50(77)23-8-6-14-31-72-42-21-12-10-19-40(42)58(2,3)46(72)27-25-38-17-16-18-39(52(38)62)26-28-47-59(4,5)41-20-11-13-22-43(41)73(47)32-15-7-9-24-51(78)69-49-30-34-74(57(81)70-49)56-61(65,66)54(80)45(36-76)83-56/h10-13,19-22,25-30,33-34,44-45,53-56,75-76,79-80H,1,6-9,14-18,23-24,31-32,35-36H2,2-5H3,(H-,67,68,69,70,77,78,81)/p+1. The van der Waals surface area contributed by atoms with Crippen LogP contribution >= 0.6 is 11.6 Å². The quantitative estimate of drug-likeness (QED) is 0.0356. The summed E-state index contributed by atoms with van der Waals surface area (Å²) < 4.78 is 72.0. The monoisotopic (exact) mass is 1170 g/mol. The Kier molecular flexibility index (Phi) is 18.3. The third-order valence-corrected chi connectivity index (χ3v) is 16.9. The molecule has 6 unspecified atom stereocenters. The number of para-hydroxylation sites is 2. The van der Waals surface area contributed by atoms with Gasteiger partial charge in [-0.05, 0) is 99.8 Å². The molecule has 0 saturated carbocycles. The van der Waals surface area contributed by atoms with Crippen LogP contribution in [0.1, 0.15) is 116 Å². The summed E-state index contributed by atoms with van der Waals surface area (Å²) in [6.45, 7) is 12.4. The van der Waals surface area contributed by atoms with E-state index in [9.17, 15) is 52.4 Å². The van der Waals surface area contributed by atoms with E-state index in [1.807, 2.05) is 18.2 Å². The molecule has 0 bridgehead atoms. The lowest BCUT2D eigenvalue weighted by molar-refractivity contribution is -0.438. The molecule has 2 aromatic carbocycles. The summed E-state index contributed by atoms with van der Waals surface area (Å²) in [6.07, 6.45) is 7.71. The summed E-state index contributed by atoms with van der Waals surface area (Å²) in [6, 6.07) is 17.9. The number of hydrogen-bond donors (Lipinski definition) is 6. The van der Waals surface area contributed by atoms with Crippen LogP contribution in [0.25, 0.3) is 0 Å². The predicted molar refractivity (Wildman–Crippen MR) is 307 cm³/mol. The fraction of sp³-hybridized carbons (Fsp3) is 0.475. The first-order valence-corrected chi connectivity index (χ1v) is 28.6. The first-order chi connectivity index (χ1) is 39.5. The van der Waals surface area contributed by atoms with Crippen LogP contribution in [0.15, 0.2) is 141 Å². The molecule has 1 aromatic heterocycles. The molecule has 3 aromatic rings. The zero-order valence-electron chi connectivity index (χ0n) is 46.9. The molecule has 444 valence electrons. The number of aromatic nitrogens is 2. The lowest BCUT2D eigenvalue weighted by Crippen LogP contribution is -2.47. The highest BCUT2D eigenvalue weighted by atomic mass is 35.5. The average Bonchev–Trinajstić information content (AvgIpc) is 3.60. The van der Waals surface area contributed by atoms with Gasteiger partial charge in [-0.25, -0.2) is 9.79 Å². The number of anilines is 2. The molecule has 2 amide bonds. The molecule has 1 aliphatic carbocycles. The van der Waals surface area contributed by atoms with Crippen molar-refractivity contribution in [1.82, 2.24) is 19.8 Å². The summed E-state index contributed by atoms with van der Waals surface area (Å²) in [4.78, 5) is 49.8. The number of ether oxygens (including phenoxy) is 2. The summed E-state index contributed by atoms with van der Waals surface area (Å²) in [7, 11) is 0. The number of aliphatic imine (C=N–C) groups is 1. The Labute approximate surface area is 484 Å². The maximum Gasteiger partial charge on any atom is 0.351 e. The first kappa shape index (κ1) is 61.0. The Morgan fingerprint density at radius 2 is 1.45 bits per heavy atom. The van der Waals surface area contributed by atoms with Crippen molar-refractivity contribution in [2.24, 2.45) is 4.99 Å². The minimum absolute atomic E-state index is 0.111. The number of aliphatic hydroxyl groups excluding tert-OH is 4. The molecule has 6 N–H and O–H groups in total. The van der Waals surface area contributed by atoms with Crippen molar-refractivity contribution in [3.63, 3.8) is 0 Å². The molecule has 5 aliphatic heterocycles. The van der Waals surface area contributed by atoms with Gasteiger partial charge in [-0.15, -0.1) is 0 Å². The van der Waals surface area contributed by atoms with E-state index in [0.717, 1.165) is 88.6 Å². The number of rotatable bonds is 20. The van der Waals surface area contributed by atoms with Crippen LogP contribution < -0.4 is 21.2 Å². The third kappa shape index (κ3) is 12.3. The number of hydrogen-bond acceptors (Lipinski definition) is 13. The minimum Gasteiger partial charge on any atom is -0.394 e. The molecule has 0 spiro atoms. The molecule has 17 nitrogen and oxygen atoms in total. The van der Waals surface area contributed by atoms with E-state index in [2.05, 4.69) is 119 Å². The van der Waals surface area contributed by atoms with E-state index in [4.69, 9.17) is 21.1 Å². The molecule has 2 fully saturated rings. The van der Waals surface area contributed by atoms with Gasteiger partial charge in [-0.1, -0.05) is 87.0 Å². The second-order valence-electron chi connectivity index (χ2n) is 22.8. The molecule has 9 rings (SSSR count). The largest absolute Gasteiger partial charge is 0.394 e. The summed E-state index contributed by atoms with van der Waals surface area (Å²) in [5.74, 6) is -8.34. The molecule has 0 radical (unpaired) electrons. The number of fused-ring (bicyclic) bond motifs is 2. The van der Waals surface area contributed by atoms with Crippen LogP contribution in [0.3, 0.4) is 0 Å². The van der Waals surface area contributed by atoms with E-state index in [1.54, 1.807) is 0 Å². The van der Waals surface area contributed by atoms with Crippen molar-refractivity contribution in [2.75, 3.05) is 36.5 Å². The highest BCUT2D eigenvalue weighted by Crippen LogP contribution is 2.49. The summed E-state index contributed by atoms with van der Waals surface area (Å²) >= 11 is 7.34. The van der Waals surface area contributed by atoms with Crippen molar-refractivity contribution in [1.29, 1.82) is 0 Å². The molecular weight excluding hydrogens is 1100 g/mol. The van der Waals surface area contributed by atoms with Crippen LogP contribution in [0.2, 0.25) is 0 Å². The van der Waals surface area contributed by atoms with Gasteiger partial charge in [-0.2, -0.15) is 27.1 Å². The number of alkyl halides is 4. The number of amidine groups is 1. The number of benzene rings is 2.